The van der Waals surface area contributed by atoms with Crippen molar-refractivity contribution in [1.82, 2.24) is 0 Å². The van der Waals surface area contributed by atoms with E-state index in [9.17, 15) is 0 Å². The summed E-state index contributed by atoms with van der Waals surface area (Å²) in [6.07, 6.45) is 8.22. The van der Waals surface area contributed by atoms with Gasteiger partial charge in [0.05, 0.1) is 0 Å². The quantitative estimate of drug-likeness (QED) is 0.781. The zero-order valence-electron chi connectivity index (χ0n) is 10.6. The number of nitrogens with one attached hydrogen (secondary N) is 1. The van der Waals surface area contributed by atoms with Crippen LogP contribution in [-0.4, -0.2) is 12.6 Å². The molecular formula is C15H24N2. The third kappa shape index (κ3) is 3.74. The van der Waals surface area contributed by atoms with E-state index in [1.165, 1.54) is 44.2 Å². The summed E-state index contributed by atoms with van der Waals surface area (Å²) in [6.45, 7) is 0.736. The van der Waals surface area contributed by atoms with E-state index in [0.717, 1.165) is 12.5 Å². The van der Waals surface area contributed by atoms with E-state index in [1.807, 2.05) is 6.07 Å². The summed E-state index contributed by atoms with van der Waals surface area (Å²) >= 11 is 0. The van der Waals surface area contributed by atoms with Crippen LogP contribution >= 0.6 is 0 Å². The summed E-state index contributed by atoms with van der Waals surface area (Å²) in [5.41, 5.74) is 7.14. The predicted molar refractivity (Wildman–Crippen MR) is 74.1 cm³/mol. The number of nitrogens with two attached hydrogens (primary N) is 1. The minimum atomic E-state index is 0.440. The molecule has 2 heteroatoms. The standard InChI is InChI=1S/C15H24N2/c16-12-15(13-8-4-1-2-5-9-13)17-14-10-6-3-7-11-14/h3,6-7,10-11,13,15,17H,1-2,4-5,8-9,12,16H2. The van der Waals surface area contributed by atoms with E-state index in [-0.39, 0.29) is 0 Å². The van der Waals surface area contributed by atoms with Crippen LogP contribution in [0.5, 0.6) is 0 Å². The Kier molecular flexibility index (Phi) is 4.87. The van der Waals surface area contributed by atoms with Crippen LogP contribution in [0.1, 0.15) is 38.5 Å². The number of hydrogen-bond donors (Lipinski definition) is 2. The molecule has 17 heavy (non-hydrogen) atoms. The van der Waals surface area contributed by atoms with Gasteiger partial charge in [-0.05, 0) is 30.9 Å². The van der Waals surface area contributed by atoms with Crippen molar-refractivity contribution in [2.24, 2.45) is 11.7 Å². The van der Waals surface area contributed by atoms with Gasteiger partial charge in [-0.3, -0.25) is 0 Å². The molecule has 0 bridgehead atoms. The van der Waals surface area contributed by atoms with E-state index in [2.05, 4.69) is 29.6 Å². The monoisotopic (exact) mass is 232 g/mol. The third-order valence-electron chi connectivity index (χ3n) is 3.85. The Morgan fingerprint density at radius 2 is 1.71 bits per heavy atom. The highest BCUT2D eigenvalue weighted by Crippen LogP contribution is 2.26. The highest BCUT2D eigenvalue weighted by molar-refractivity contribution is 5.43. The molecule has 0 radical (unpaired) electrons. The van der Waals surface area contributed by atoms with Gasteiger partial charge in [-0.25, -0.2) is 0 Å². The first-order chi connectivity index (χ1) is 8.40. The molecule has 1 atom stereocenters. The lowest BCUT2D eigenvalue weighted by Crippen LogP contribution is -2.36. The van der Waals surface area contributed by atoms with Crippen LogP contribution in [0.2, 0.25) is 0 Å². The van der Waals surface area contributed by atoms with E-state index < -0.39 is 0 Å². The van der Waals surface area contributed by atoms with E-state index in [4.69, 9.17) is 5.73 Å². The predicted octanol–water partition coefficient (Wildman–Crippen LogP) is 3.40. The smallest absolute Gasteiger partial charge is 0.0411 e. The highest BCUT2D eigenvalue weighted by atomic mass is 14.9. The molecule has 1 aromatic carbocycles. The molecule has 94 valence electrons. The van der Waals surface area contributed by atoms with Gasteiger partial charge in [0, 0.05) is 18.3 Å². The summed E-state index contributed by atoms with van der Waals surface area (Å²) < 4.78 is 0. The third-order valence-corrected chi connectivity index (χ3v) is 3.85. The van der Waals surface area contributed by atoms with Crippen LogP contribution < -0.4 is 11.1 Å². The minimum absolute atomic E-state index is 0.440. The first-order valence-corrected chi connectivity index (χ1v) is 6.92. The van der Waals surface area contributed by atoms with Gasteiger partial charge in [0.15, 0.2) is 0 Å². The first-order valence-electron chi connectivity index (χ1n) is 6.92. The Bertz CT molecular complexity index is 302. The van der Waals surface area contributed by atoms with Crippen molar-refractivity contribution in [3.05, 3.63) is 30.3 Å². The molecule has 0 heterocycles. The molecule has 0 saturated heterocycles. The molecule has 1 fully saturated rings. The van der Waals surface area contributed by atoms with Gasteiger partial charge < -0.3 is 11.1 Å². The number of anilines is 1. The van der Waals surface area contributed by atoms with Gasteiger partial charge in [0.2, 0.25) is 0 Å². The van der Waals surface area contributed by atoms with Crippen molar-refractivity contribution in [3.8, 4) is 0 Å². The van der Waals surface area contributed by atoms with Crippen molar-refractivity contribution in [1.29, 1.82) is 0 Å². The van der Waals surface area contributed by atoms with Crippen molar-refractivity contribution in [3.63, 3.8) is 0 Å². The minimum Gasteiger partial charge on any atom is -0.381 e. The van der Waals surface area contributed by atoms with E-state index in [1.54, 1.807) is 0 Å². The normalized spacial score (nSPS) is 19.6. The molecule has 1 aliphatic carbocycles. The van der Waals surface area contributed by atoms with Crippen LogP contribution in [0.4, 0.5) is 5.69 Å². The molecule has 2 rings (SSSR count). The molecule has 1 saturated carbocycles. The molecule has 2 nitrogen and oxygen atoms in total. The SMILES string of the molecule is NCC(Nc1ccccc1)C1CCCCCC1. The van der Waals surface area contributed by atoms with Crippen LogP contribution in [0, 0.1) is 5.92 Å². The maximum atomic E-state index is 5.94. The first kappa shape index (κ1) is 12.4. The zero-order chi connectivity index (χ0) is 11.9. The molecule has 0 aliphatic heterocycles. The van der Waals surface area contributed by atoms with Gasteiger partial charge in [-0.1, -0.05) is 43.9 Å². The van der Waals surface area contributed by atoms with Gasteiger partial charge in [-0.2, -0.15) is 0 Å². The lowest BCUT2D eigenvalue weighted by atomic mass is 9.91. The Balaban J connectivity index is 1.95. The Hall–Kier alpha value is -1.02. The lowest BCUT2D eigenvalue weighted by molar-refractivity contribution is 0.398. The Morgan fingerprint density at radius 1 is 1.06 bits per heavy atom. The van der Waals surface area contributed by atoms with Gasteiger partial charge in [-0.15, -0.1) is 0 Å². The van der Waals surface area contributed by atoms with Gasteiger partial charge in [0.25, 0.3) is 0 Å². The molecule has 1 aliphatic rings. The summed E-state index contributed by atoms with van der Waals surface area (Å²) in [5.74, 6) is 0.753. The molecule has 3 N–H and O–H groups in total. The second-order valence-electron chi connectivity index (χ2n) is 5.10. The maximum Gasteiger partial charge on any atom is 0.0411 e. The van der Waals surface area contributed by atoms with Crippen molar-refractivity contribution >= 4 is 5.69 Å². The molecule has 0 spiro atoms. The fourth-order valence-electron chi connectivity index (χ4n) is 2.83. The number of benzene rings is 1. The largest absolute Gasteiger partial charge is 0.381 e. The summed E-state index contributed by atoms with van der Waals surface area (Å²) in [5, 5.41) is 3.60. The summed E-state index contributed by atoms with van der Waals surface area (Å²) in [6, 6.07) is 10.9. The topological polar surface area (TPSA) is 38.0 Å². The van der Waals surface area contributed by atoms with Crippen molar-refractivity contribution in [2.75, 3.05) is 11.9 Å². The van der Waals surface area contributed by atoms with Gasteiger partial charge in [0.1, 0.15) is 0 Å². The van der Waals surface area contributed by atoms with Crippen LogP contribution in [0.3, 0.4) is 0 Å². The fraction of sp³-hybridized carbons (Fsp3) is 0.600. The van der Waals surface area contributed by atoms with E-state index in [0.29, 0.717) is 6.04 Å². The number of para-hydroxylation sites is 1. The van der Waals surface area contributed by atoms with Crippen LogP contribution in [0.25, 0.3) is 0 Å². The highest BCUT2D eigenvalue weighted by Gasteiger charge is 2.21. The Labute approximate surface area is 105 Å². The molecule has 0 aromatic heterocycles. The molecule has 1 unspecified atom stereocenters. The molecule has 0 amide bonds. The average molecular weight is 232 g/mol. The summed E-state index contributed by atoms with van der Waals surface area (Å²) in [4.78, 5) is 0. The number of rotatable bonds is 4. The number of hydrogen-bond acceptors (Lipinski definition) is 2. The zero-order valence-corrected chi connectivity index (χ0v) is 10.6. The summed E-state index contributed by atoms with van der Waals surface area (Å²) in [7, 11) is 0. The van der Waals surface area contributed by atoms with Crippen molar-refractivity contribution < 1.29 is 0 Å². The molecular weight excluding hydrogens is 208 g/mol. The Morgan fingerprint density at radius 3 is 2.29 bits per heavy atom. The molecule has 1 aromatic rings. The second kappa shape index (κ2) is 6.65. The average Bonchev–Trinajstić information content (AvgIpc) is 2.66. The van der Waals surface area contributed by atoms with Crippen LogP contribution in [-0.2, 0) is 0 Å². The van der Waals surface area contributed by atoms with Crippen LogP contribution in [0.15, 0.2) is 30.3 Å². The van der Waals surface area contributed by atoms with Crippen molar-refractivity contribution in [2.45, 2.75) is 44.6 Å². The fourth-order valence-corrected chi connectivity index (χ4v) is 2.83. The second-order valence-corrected chi connectivity index (χ2v) is 5.10. The lowest BCUT2D eigenvalue weighted by Gasteiger charge is -2.27. The van der Waals surface area contributed by atoms with E-state index >= 15 is 0 Å². The maximum absolute atomic E-state index is 5.94. The van der Waals surface area contributed by atoms with Gasteiger partial charge >= 0.3 is 0 Å².